The fraction of sp³-hybridized carbons (Fsp3) is 0.400. The number of hydrogen-bond donors (Lipinski definition) is 2. The molecular weight excluding hydrogens is 238 g/mol. The van der Waals surface area contributed by atoms with E-state index in [0.29, 0.717) is 11.6 Å². The second-order valence-electron chi connectivity index (χ2n) is 3.64. The summed E-state index contributed by atoms with van der Waals surface area (Å²) in [4.78, 5) is 0. The van der Waals surface area contributed by atoms with E-state index in [1.807, 2.05) is 0 Å². The molecule has 0 unspecified atom stereocenters. The molecule has 1 aliphatic rings. The van der Waals surface area contributed by atoms with Crippen molar-refractivity contribution in [3.63, 3.8) is 0 Å². The largest absolute Gasteiger partial charge is 0.398 e. The van der Waals surface area contributed by atoms with Gasteiger partial charge in [0, 0.05) is 11.7 Å². The van der Waals surface area contributed by atoms with Gasteiger partial charge in [-0.3, -0.25) is 0 Å². The van der Waals surface area contributed by atoms with Crippen LogP contribution in [-0.2, 0) is 0 Å². The average Bonchev–Trinajstić information content (AvgIpc) is 2.91. The fourth-order valence-corrected chi connectivity index (χ4v) is 1.54. The smallest absolute Gasteiger partial charge is 0.123 e. The first-order valence-corrected chi connectivity index (χ1v) is 4.49. The second kappa shape index (κ2) is 5.54. The molecule has 15 heavy (non-hydrogen) atoms. The van der Waals surface area contributed by atoms with Crippen molar-refractivity contribution >= 4 is 30.5 Å². The van der Waals surface area contributed by atoms with Gasteiger partial charge in [0.1, 0.15) is 5.82 Å². The van der Waals surface area contributed by atoms with Crippen molar-refractivity contribution in [2.75, 3.05) is 5.73 Å². The van der Waals surface area contributed by atoms with Crippen molar-refractivity contribution in [2.24, 2.45) is 11.7 Å². The summed E-state index contributed by atoms with van der Waals surface area (Å²) in [5.74, 6) is 0.240. The van der Waals surface area contributed by atoms with Gasteiger partial charge in [0.2, 0.25) is 0 Å². The standard InChI is InChI=1S/C10H13FN2.2ClH/c11-7-3-4-9(12)8(5-7)10(13)6-1-2-6;;/h3-6,10H,1-2,12-13H2;2*1H/t10-;;/m0../s1. The van der Waals surface area contributed by atoms with Gasteiger partial charge in [-0.05, 0) is 42.5 Å². The quantitative estimate of drug-likeness (QED) is 0.796. The Balaban J connectivity index is 0.000000980. The molecule has 1 aromatic rings. The highest BCUT2D eigenvalue weighted by atomic mass is 35.5. The molecule has 0 spiro atoms. The minimum Gasteiger partial charge on any atom is -0.398 e. The van der Waals surface area contributed by atoms with E-state index in [2.05, 4.69) is 0 Å². The van der Waals surface area contributed by atoms with Crippen LogP contribution in [0, 0.1) is 11.7 Å². The van der Waals surface area contributed by atoms with Crippen LogP contribution in [-0.4, -0.2) is 0 Å². The van der Waals surface area contributed by atoms with Crippen LogP contribution in [0.1, 0.15) is 24.4 Å². The monoisotopic (exact) mass is 252 g/mol. The van der Waals surface area contributed by atoms with Gasteiger partial charge in [0.25, 0.3) is 0 Å². The fourth-order valence-electron chi connectivity index (χ4n) is 1.54. The van der Waals surface area contributed by atoms with Gasteiger partial charge in [-0.25, -0.2) is 4.39 Å². The van der Waals surface area contributed by atoms with Crippen LogP contribution in [0.5, 0.6) is 0 Å². The number of benzene rings is 1. The number of rotatable bonds is 2. The molecule has 0 heterocycles. The van der Waals surface area contributed by atoms with Gasteiger partial charge < -0.3 is 11.5 Å². The Kier molecular flexibility index (Phi) is 5.35. The van der Waals surface area contributed by atoms with E-state index in [1.165, 1.54) is 12.1 Å². The van der Waals surface area contributed by atoms with Gasteiger partial charge in [-0.1, -0.05) is 0 Å². The van der Waals surface area contributed by atoms with Crippen LogP contribution in [0.15, 0.2) is 18.2 Å². The van der Waals surface area contributed by atoms with Gasteiger partial charge in [-0.2, -0.15) is 0 Å². The minimum atomic E-state index is -0.264. The maximum Gasteiger partial charge on any atom is 0.123 e. The Bertz CT molecular complexity index is 329. The summed E-state index contributed by atoms with van der Waals surface area (Å²) in [7, 11) is 0. The molecule has 1 fully saturated rings. The number of hydrogen-bond acceptors (Lipinski definition) is 2. The molecule has 0 saturated heterocycles. The van der Waals surface area contributed by atoms with Crippen molar-refractivity contribution in [3.05, 3.63) is 29.6 Å². The van der Waals surface area contributed by atoms with Gasteiger partial charge >= 0.3 is 0 Å². The third-order valence-electron chi connectivity index (χ3n) is 2.54. The molecule has 4 N–H and O–H groups in total. The van der Waals surface area contributed by atoms with Crippen LogP contribution in [0.2, 0.25) is 0 Å². The number of anilines is 1. The van der Waals surface area contributed by atoms with Gasteiger partial charge in [-0.15, -0.1) is 24.8 Å². The molecule has 0 bridgehead atoms. The maximum absolute atomic E-state index is 12.9. The summed E-state index contributed by atoms with van der Waals surface area (Å²) in [6, 6.07) is 4.29. The Morgan fingerprint density at radius 3 is 2.40 bits per heavy atom. The van der Waals surface area contributed by atoms with Crippen molar-refractivity contribution in [1.29, 1.82) is 0 Å². The second-order valence-corrected chi connectivity index (χ2v) is 3.64. The highest BCUT2D eigenvalue weighted by Crippen LogP contribution is 2.40. The Hall–Kier alpha value is -0.510. The van der Waals surface area contributed by atoms with E-state index < -0.39 is 0 Å². The zero-order valence-corrected chi connectivity index (χ0v) is 9.78. The Morgan fingerprint density at radius 1 is 1.27 bits per heavy atom. The third kappa shape index (κ3) is 3.23. The van der Waals surface area contributed by atoms with E-state index in [0.717, 1.165) is 18.4 Å². The predicted octanol–water partition coefficient (Wildman–Crippen LogP) is 2.66. The van der Waals surface area contributed by atoms with Gasteiger partial charge in [0.15, 0.2) is 0 Å². The molecule has 0 aromatic heterocycles. The van der Waals surface area contributed by atoms with Crippen molar-refractivity contribution in [2.45, 2.75) is 18.9 Å². The van der Waals surface area contributed by atoms with Crippen LogP contribution in [0.25, 0.3) is 0 Å². The normalized spacial score (nSPS) is 16.1. The average molecular weight is 253 g/mol. The van der Waals surface area contributed by atoms with Crippen LogP contribution >= 0.6 is 24.8 Å². The summed E-state index contributed by atoms with van der Waals surface area (Å²) in [6.07, 6.45) is 2.27. The SMILES string of the molecule is Cl.Cl.Nc1ccc(F)cc1[C@@H](N)C1CC1. The van der Waals surface area contributed by atoms with Crippen molar-refractivity contribution in [1.82, 2.24) is 0 Å². The van der Waals surface area contributed by atoms with E-state index in [-0.39, 0.29) is 36.7 Å². The van der Waals surface area contributed by atoms with E-state index >= 15 is 0 Å². The first-order valence-electron chi connectivity index (χ1n) is 4.49. The van der Waals surface area contributed by atoms with E-state index in [9.17, 15) is 4.39 Å². The molecule has 0 amide bonds. The Morgan fingerprint density at radius 2 is 1.87 bits per heavy atom. The van der Waals surface area contributed by atoms with Crippen LogP contribution in [0.3, 0.4) is 0 Å². The highest BCUT2D eigenvalue weighted by molar-refractivity contribution is 5.85. The molecule has 0 radical (unpaired) electrons. The summed E-state index contributed by atoms with van der Waals surface area (Å²) >= 11 is 0. The van der Waals surface area contributed by atoms with Crippen LogP contribution in [0.4, 0.5) is 10.1 Å². The zero-order chi connectivity index (χ0) is 9.42. The lowest BCUT2D eigenvalue weighted by atomic mass is 10.0. The molecule has 1 aromatic carbocycles. The molecule has 5 heteroatoms. The third-order valence-corrected chi connectivity index (χ3v) is 2.54. The van der Waals surface area contributed by atoms with Crippen LogP contribution < -0.4 is 11.5 Å². The number of nitrogen functional groups attached to an aromatic ring is 1. The van der Waals surface area contributed by atoms with Crippen molar-refractivity contribution in [3.8, 4) is 0 Å². The summed E-state index contributed by atoms with van der Waals surface area (Å²) in [6.45, 7) is 0. The Labute approximate surface area is 101 Å². The van der Waals surface area contributed by atoms with Gasteiger partial charge in [0.05, 0.1) is 0 Å². The topological polar surface area (TPSA) is 52.0 Å². The lowest BCUT2D eigenvalue weighted by Crippen LogP contribution is -2.14. The first kappa shape index (κ1) is 14.5. The van der Waals surface area contributed by atoms with Crippen molar-refractivity contribution < 1.29 is 4.39 Å². The molecule has 1 atom stereocenters. The molecule has 86 valence electrons. The minimum absolute atomic E-state index is 0. The molecule has 0 aliphatic heterocycles. The van der Waals surface area contributed by atoms with E-state index in [1.54, 1.807) is 6.07 Å². The first-order chi connectivity index (χ1) is 6.18. The summed E-state index contributed by atoms with van der Waals surface area (Å²) in [5, 5.41) is 0. The van der Waals surface area contributed by atoms with E-state index in [4.69, 9.17) is 11.5 Å². The maximum atomic E-state index is 12.9. The molecule has 1 saturated carbocycles. The molecule has 2 nitrogen and oxygen atoms in total. The number of nitrogens with two attached hydrogens (primary N) is 2. The lowest BCUT2D eigenvalue weighted by Gasteiger charge is -2.13. The molecular formula is C10H15Cl2FN2. The molecule has 1 aliphatic carbocycles. The summed E-state index contributed by atoms with van der Waals surface area (Å²) < 4.78 is 12.9. The molecule has 2 rings (SSSR count). The zero-order valence-electron chi connectivity index (χ0n) is 8.15. The predicted molar refractivity (Wildman–Crippen MR) is 65.0 cm³/mol. The summed E-state index contributed by atoms with van der Waals surface area (Å²) in [5.41, 5.74) is 13.0. The lowest BCUT2D eigenvalue weighted by molar-refractivity contribution is 0.603. The number of halogens is 3. The highest BCUT2D eigenvalue weighted by Gasteiger charge is 2.30.